The van der Waals surface area contributed by atoms with Crippen LogP contribution in [-0.4, -0.2) is 49.7 Å². The number of amides is 1. The summed E-state index contributed by atoms with van der Waals surface area (Å²) in [7, 11) is 0. The minimum atomic E-state index is -0.190. The zero-order chi connectivity index (χ0) is 15.4. The van der Waals surface area contributed by atoms with Gasteiger partial charge in [-0.3, -0.25) is 9.69 Å². The van der Waals surface area contributed by atoms with Crippen LogP contribution < -0.4 is 5.32 Å². The van der Waals surface area contributed by atoms with Crippen molar-refractivity contribution in [3.05, 3.63) is 35.6 Å². The van der Waals surface area contributed by atoms with Crippen molar-refractivity contribution in [2.45, 2.75) is 31.3 Å². The lowest BCUT2D eigenvalue weighted by molar-refractivity contribution is -0.122. The molecule has 0 bridgehead atoms. The number of halogens is 1. The summed E-state index contributed by atoms with van der Waals surface area (Å²) in [6.07, 6.45) is 3.28. The molecule has 2 saturated heterocycles. The van der Waals surface area contributed by atoms with Crippen LogP contribution in [0.5, 0.6) is 0 Å². The van der Waals surface area contributed by atoms with E-state index in [-0.39, 0.29) is 17.8 Å². The number of carbonyl (C=O) groups excluding carboxylic acids is 1. The highest BCUT2D eigenvalue weighted by atomic mass is 19.1. The average Bonchev–Trinajstić information content (AvgIpc) is 3.16. The summed E-state index contributed by atoms with van der Waals surface area (Å²) in [4.78, 5) is 14.1. The van der Waals surface area contributed by atoms with Crippen molar-refractivity contribution in [3.63, 3.8) is 0 Å². The Balaban J connectivity index is 1.43. The van der Waals surface area contributed by atoms with Crippen molar-refractivity contribution in [1.29, 1.82) is 0 Å². The Labute approximate surface area is 130 Å². The summed E-state index contributed by atoms with van der Waals surface area (Å²) in [5.41, 5.74) is 1.03. The second-order valence-electron chi connectivity index (χ2n) is 6.21. The van der Waals surface area contributed by atoms with Crippen LogP contribution in [0.1, 0.15) is 30.7 Å². The number of hydrogen-bond acceptors (Lipinski definition) is 3. The number of benzene rings is 1. The Morgan fingerprint density at radius 3 is 3.09 bits per heavy atom. The molecule has 1 N–H and O–H groups in total. The lowest BCUT2D eigenvalue weighted by Crippen LogP contribution is -2.39. The third-order valence-electron chi connectivity index (χ3n) is 4.51. The molecule has 4 nitrogen and oxygen atoms in total. The molecule has 22 heavy (non-hydrogen) atoms. The first-order valence-electron chi connectivity index (χ1n) is 8.07. The largest absolute Gasteiger partial charge is 0.376 e. The molecule has 1 amide bonds. The van der Waals surface area contributed by atoms with E-state index < -0.39 is 0 Å². The number of hydrogen-bond donors (Lipinski definition) is 1. The van der Waals surface area contributed by atoms with E-state index in [1.807, 2.05) is 6.07 Å². The van der Waals surface area contributed by atoms with Gasteiger partial charge in [0, 0.05) is 19.7 Å². The molecule has 120 valence electrons. The van der Waals surface area contributed by atoms with Gasteiger partial charge in [-0.05, 0) is 49.4 Å². The molecule has 2 atom stereocenters. The van der Waals surface area contributed by atoms with E-state index in [0.717, 1.165) is 44.5 Å². The van der Waals surface area contributed by atoms with E-state index >= 15 is 0 Å². The fourth-order valence-corrected chi connectivity index (χ4v) is 3.30. The molecule has 2 aliphatic rings. The van der Waals surface area contributed by atoms with Gasteiger partial charge in [0.05, 0.1) is 12.6 Å². The summed E-state index contributed by atoms with van der Waals surface area (Å²) >= 11 is 0. The van der Waals surface area contributed by atoms with Crippen LogP contribution in [0.25, 0.3) is 0 Å². The summed E-state index contributed by atoms with van der Waals surface area (Å²) in [6.45, 7) is 3.53. The average molecular weight is 306 g/mol. The van der Waals surface area contributed by atoms with E-state index in [1.165, 1.54) is 6.07 Å². The molecule has 1 aromatic carbocycles. The zero-order valence-electron chi connectivity index (χ0n) is 12.8. The van der Waals surface area contributed by atoms with Gasteiger partial charge in [-0.1, -0.05) is 12.1 Å². The lowest BCUT2D eigenvalue weighted by Gasteiger charge is -2.17. The Kier molecular flexibility index (Phi) is 5.05. The predicted octanol–water partition coefficient (Wildman–Crippen LogP) is 1.91. The summed E-state index contributed by atoms with van der Waals surface area (Å²) < 4.78 is 18.8. The topological polar surface area (TPSA) is 41.6 Å². The highest BCUT2D eigenvalue weighted by Gasteiger charge is 2.25. The van der Waals surface area contributed by atoms with Gasteiger partial charge < -0.3 is 10.1 Å². The molecule has 2 unspecified atom stereocenters. The summed E-state index contributed by atoms with van der Waals surface area (Å²) in [5, 5.41) is 2.95. The smallest absolute Gasteiger partial charge is 0.234 e. The van der Waals surface area contributed by atoms with E-state index in [0.29, 0.717) is 19.0 Å². The van der Waals surface area contributed by atoms with Gasteiger partial charge in [-0.2, -0.15) is 0 Å². The summed E-state index contributed by atoms with van der Waals surface area (Å²) in [5.74, 6) is 0.183. The maximum atomic E-state index is 13.3. The fraction of sp³-hybridized carbons (Fsp3) is 0.588. The molecule has 0 radical (unpaired) electrons. The normalized spacial score (nSPS) is 25.5. The van der Waals surface area contributed by atoms with Crippen LogP contribution in [0.15, 0.2) is 24.3 Å². The molecule has 2 fully saturated rings. The standard InChI is InChI=1S/C17H23FN2O2/c18-15-4-1-3-13(9-15)14-6-7-20(11-14)12-17(21)19-10-16-5-2-8-22-16/h1,3-4,9,14,16H,2,5-8,10-12H2,(H,19,21). The van der Waals surface area contributed by atoms with Crippen LogP contribution >= 0.6 is 0 Å². The highest BCUT2D eigenvalue weighted by molar-refractivity contribution is 5.78. The maximum absolute atomic E-state index is 13.3. The minimum Gasteiger partial charge on any atom is -0.376 e. The Morgan fingerprint density at radius 2 is 2.32 bits per heavy atom. The van der Waals surface area contributed by atoms with Crippen molar-refractivity contribution in [2.75, 3.05) is 32.8 Å². The number of nitrogens with zero attached hydrogens (tertiary/aromatic N) is 1. The number of ether oxygens (including phenoxy) is 1. The van der Waals surface area contributed by atoms with Crippen LogP contribution in [0.2, 0.25) is 0 Å². The predicted molar refractivity (Wildman–Crippen MR) is 82.2 cm³/mol. The maximum Gasteiger partial charge on any atom is 0.234 e. The molecule has 0 aromatic heterocycles. The Hall–Kier alpha value is -1.46. The Morgan fingerprint density at radius 1 is 1.41 bits per heavy atom. The second-order valence-corrected chi connectivity index (χ2v) is 6.21. The zero-order valence-corrected chi connectivity index (χ0v) is 12.8. The first-order valence-corrected chi connectivity index (χ1v) is 8.07. The van der Waals surface area contributed by atoms with Gasteiger partial charge in [0.25, 0.3) is 0 Å². The Bertz CT molecular complexity index is 517. The molecule has 1 aromatic rings. The molecular weight excluding hydrogens is 283 g/mol. The van der Waals surface area contributed by atoms with Gasteiger partial charge in [0.2, 0.25) is 5.91 Å². The van der Waals surface area contributed by atoms with Crippen molar-refractivity contribution in [3.8, 4) is 0 Å². The number of rotatable bonds is 5. The third kappa shape index (κ3) is 4.05. The van der Waals surface area contributed by atoms with Crippen LogP contribution in [0.3, 0.4) is 0 Å². The van der Waals surface area contributed by atoms with Crippen LogP contribution in [-0.2, 0) is 9.53 Å². The highest BCUT2D eigenvalue weighted by Crippen LogP contribution is 2.27. The fourth-order valence-electron chi connectivity index (χ4n) is 3.30. The van der Waals surface area contributed by atoms with E-state index in [1.54, 1.807) is 12.1 Å². The third-order valence-corrected chi connectivity index (χ3v) is 4.51. The quantitative estimate of drug-likeness (QED) is 0.903. The molecule has 0 aliphatic carbocycles. The van der Waals surface area contributed by atoms with Gasteiger partial charge in [-0.15, -0.1) is 0 Å². The minimum absolute atomic E-state index is 0.0513. The van der Waals surface area contributed by atoms with Crippen LogP contribution in [0, 0.1) is 5.82 Å². The molecule has 2 aliphatic heterocycles. The second kappa shape index (κ2) is 7.20. The molecule has 0 spiro atoms. The van der Waals surface area contributed by atoms with Gasteiger partial charge in [0.15, 0.2) is 0 Å². The number of carbonyl (C=O) groups is 1. The molecule has 2 heterocycles. The molecule has 0 saturated carbocycles. The van der Waals surface area contributed by atoms with E-state index in [2.05, 4.69) is 10.2 Å². The molecule has 3 rings (SSSR count). The monoisotopic (exact) mass is 306 g/mol. The number of nitrogens with one attached hydrogen (secondary N) is 1. The van der Waals surface area contributed by atoms with Gasteiger partial charge in [0.1, 0.15) is 5.82 Å². The van der Waals surface area contributed by atoms with Crippen molar-refractivity contribution < 1.29 is 13.9 Å². The summed E-state index contributed by atoms with van der Waals surface area (Å²) in [6, 6.07) is 6.79. The van der Waals surface area contributed by atoms with Gasteiger partial charge in [-0.25, -0.2) is 4.39 Å². The number of likely N-dealkylation sites (tertiary alicyclic amines) is 1. The van der Waals surface area contributed by atoms with E-state index in [9.17, 15) is 9.18 Å². The van der Waals surface area contributed by atoms with Crippen LogP contribution in [0.4, 0.5) is 4.39 Å². The van der Waals surface area contributed by atoms with Gasteiger partial charge >= 0.3 is 0 Å². The van der Waals surface area contributed by atoms with Crippen molar-refractivity contribution in [2.24, 2.45) is 0 Å². The molecule has 5 heteroatoms. The first kappa shape index (κ1) is 15.4. The van der Waals surface area contributed by atoms with Crippen molar-refractivity contribution in [1.82, 2.24) is 10.2 Å². The SMILES string of the molecule is O=C(CN1CCC(c2cccc(F)c2)C1)NCC1CCCO1. The molecular formula is C17H23FN2O2. The van der Waals surface area contributed by atoms with Crippen molar-refractivity contribution >= 4 is 5.91 Å². The van der Waals surface area contributed by atoms with E-state index in [4.69, 9.17) is 4.74 Å². The first-order chi connectivity index (χ1) is 10.7. The lowest BCUT2D eigenvalue weighted by atomic mass is 9.98.